The highest BCUT2D eigenvalue weighted by Crippen LogP contribution is 2.39. The number of halogens is 1. The molecule has 9 heteroatoms. The summed E-state index contributed by atoms with van der Waals surface area (Å²) in [6, 6.07) is 17.7. The normalized spacial score (nSPS) is 11.4. The van der Waals surface area contributed by atoms with Crippen LogP contribution in [0.15, 0.2) is 87.5 Å². The van der Waals surface area contributed by atoms with E-state index >= 15 is 0 Å². The van der Waals surface area contributed by atoms with Crippen molar-refractivity contribution in [3.8, 4) is 16.9 Å². The topological polar surface area (TPSA) is 103 Å². The lowest BCUT2D eigenvalue weighted by Crippen LogP contribution is -2.23. The summed E-state index contributed by atoms with van der Waals surface area (Å²) in [5, 5.41) is 11.3. The molecule has 0 aliphatic heterocycles. The molecule has 4 aromatic rings. The fraction of sp³-hybridized carbons (Fsp3) is 0.185. The fourth-order valence-electron chi connectivity index (χ4n) is 4.03. The Kier molecular flexibility index (Phi) is 7.21. The summed E-state index contributed by atoms with van der Waals surface area (Å²) in [5.41, 5.74) is 1.77. The van der Waals surface area contributed by atoms with Gasteiger partial charge in [-0.15, -0.1) is 0 Å². The molecular weight excluding hydrogens is 481 g/mol. The Morgan fingerprint density at radius 3 is 2.28 bits per heavy atom. The first-order valence-corrected chi connectivity index (χ1v) is 13.0. The summed E-state index contributed by atoms with van der Waals surface area (Å²) >= 11 is 0. The Morgan fingerprint density at radius 1 is 1.00 bits per heavy atom. The van der Waals surface area contributed by atoms with Gasteiger partial charge in [0.05, 0.1) is 4.90 Å². The highest BCUT2D eigenvalue weighted by Gasteiger charge is 2.30. The van der Waals surface area contributed by atoms with Crippen LogP contribution in [-0.4, -0.2) is 30.5 Å². The minimum absolute atomic E-state index is 0.156. The predicted molar refractivity (Wildman–Crippen MR) is 137 cm³/mol. The van der Waals surface area contributed by atoms with Crippen molar-refractivity contribution in [1.82, 2.24) is 9.97 Å². The van der Waals surface area contributed by atoms with E-state index < -0.39 is 32.0 Å². The molecule has 2 heterocycles. The maximum atomic E-state index is 13.5. The molecule has 0 amide bonds. The van der Waals surface area contributed by atoms with Gasteiger partial charge >= 0.3 is 0 Å². The summed E-state index contributed by atoms with van der Waals surface area (Å²) in [7, 11) is -2.67. The van der Waals surface area contributed by atoms with Crippen molar-refractivity contribution < 1.29 is 17.9 Å². The molecule has 0 aliphatic rings. The van der Waals surface area contributed by atoms with Crippen LogP contribution in [0.2, 0.25) is 0 Å². The smallest absolute Gasteiger partial charge is 0.271 e. The predicted octanol–water partition coefficient (Wildman–Crippen LogP) is 5.22. The van der Waals surface area contributed by atoms with Crippen LogP contribution in [0.4, 0.5) is 15.8 Å². The van der Waals surface area contributed by atoms with Gasteiger partial charge in [-0.3, -0.25) is 4.79 Å². The first kappa shape index (κ1) is 25.1. The van der Waals surface area contributed by atoms with Crippen LogP contribution in [0.1, 0.15) is 25.5 Å². The molecule has 36 heavy (non-hydrogen) atoms. The van der Waals surface area contributed by atoms with E-state index in [0.717, 1.165) is 18.5 Å². The number of benzene rings is 2. The summed E-state index contributed by atoms with van der Waals surface area (Å²) in [6.45, 7) is 2.00. The zero-order valence-electron chi connectivity index (χ0n) is 19.9. The van der Waals surface area contributed by atoms with E-state index in [-0.39, 0.29) is 10.6 Å². The molecule has 7 nitrogen and oxygen atoms in total. The third-order valence-corrected chi connectivity index (χ3v) is 7.76. The van der Waals surface area contributed by atoms with Crippen LogP contribution >= 0.6 is 0 Å². The highest BCUT2D eigenvalue weighted by molar-refractivity contribution is 7.91. The van der Waals surface area contributed by atoms with Crippen LogP contribution in [0.25, 0.3) is 11.1 Å². The monoisotopic (exact) mass is 507 g/mol. The third kappa shape index (κ3) is 4.87. The molecule has 0 aliphatic carbocycles. The molecule has 0 saturated carbocycles. The standard InChI is InChI=1S/C27H26FN3O4S/c1-3-4-10-22-24(31(2)20-8-6-5-7-9-20)25(32)26(27(33)30-22)36(34,35)21-14-11-18(12-15-21)19-13-16-23(28)29-17-19/h5-9,11-17H,3-4,10H2,1-2H3,(H2,30,32,33). The van der Waals surface area contributed by atoms with Crippen molar-refractivity contribution >= 4 is 21.2 Å². The highest BCUT2D eigenvalue weighted by atomic mass is 32.2. The van der Waals surface area contributed by atoms with E-state index in [9.17, 15) is 22.7 Å². The van der Waals surface area contributed by atoms with Crippen molar-refractivity contribution in [3.05, 3.63) is 94.9 Å². The number of aromatic hydroxyl groups is 1. The molecule has 0 fully saturated rings. The molecular formula is C27H26FN3O4S. The number of anilines is 2. The molecule has 186 valence electrons. The molecule has 4 rings (SSSR count). The SMILES string of the molecule is CCCCc1[nH]c(=O)c(S(=O)(=O)c2ccc(-c3ccc(F)nc3)cc2)c(O)c1N(C)c1ccccc1. The maximum absolute atomic E-state index is 13.5. The van der Waals surface area contributed by atoms with Crippen LogP contribution in [0.3, 0.4) is 0 Å². The van der Waals surface area contributed by atoms with E-state index in [1.54, 1.807) is 24.1 Å². The second kappa shape index (κ2) is 10.3. The number of aryl methyl sites for hydroxylation is 1. The lowest BCUT2D eigenvalue weighted by molar-refractivity contribution is 0.455. The van der Waals surface area contributed by atoms with Crippen molar-refractivity contribution in [2.24, 2.45) is 0 Å². The van der Waals surface area contributed by atoms with E-state index in [4.69, 9.17) is 0 Å². The average Bonchev–Trinajstić information content (AvgIpc) is 2.88. The Balaban J connectivity index is 1.82. The number of aromatic nitrogens is 2. The molecule has 2 aromatic carbocycles. The van der Waals surface area contributed by atoms with Crippen LogP contribution in [-0.2, 0) is 16.3 Å². The van der Waals surface area contributed by atoms with Crippen LogP contribution in [0, 0.1) is 5.95 Å². The van der Waals surface area contributed by atoms with Gasteiger partial charge in [0.1, 0.15) is 5.69 Å². The van der Waals surface area contributed by atoms with Gasteiger partial charge in [-0.1, -0.05) is 43.7 Å². The van der Waals surface area contributed by atoms with Crippen LogP contribution in [0.5, 0.6) is 5.75 Å². The van der Waals surface area contributed by atoms with Gasteiger partial charge in [0.2, 0.25) is 15.8 Å². The zero-order valence-corrected chi connectivity index (χ0v) is 20.7. The Labute approximate surface area is 208 Å². The van der Waals surface area contributed by atoms with Gasteiger partial charge in [0, 0.05) is 30.2 Å². The van der Waals surface area contributed by atoms with E-state index in [1.807, 2.05) is 37.3 Å². The number of hydrogen-bond acceptors (Lipinski definition) is 6. The number of aromatic amines is 1. The van der Waals surface area contributed by atoms with Crippen molar-refractivity contribution in [1.29, 1.82) is 0 Å². The number of H-pyrrole nitrogens is 1. The summed E-state index contributed by atoms with van der Waals surface area (Å²) in [6.07, 6.45) is 3.41. The maximum Gasteiger partial charge on any atom is 0.271 e. The molecule has 2 N–H and O–H groups in total. The molecule has 0 spiro atoms. The summed E-state index contributed by atoms with van der Waals surface area (Å²) in [5.74, 6) is -1.21. The molecule has 0 unspecified atom stereocenters. The molecule has 0 radical (unpaired) electrons. The molecule has 0 saturated heterocycles. The zero-order chi connectivity index (χ0) is 25.9. The Hall–Kier alpha value is -3.98. The molecule has 2 aromatic heterocycles. The number of para-hydroxylation sites is 1. The average molecular weight is 508 g/mol. The summed E-state index contributed by atoms with van der Waals surface area (Å²) < 4.78 is 40.2. The Morgan fingerprint density at radius 2 is 1.67 bits per heavy atom. The van der Waals surface area contributed by atoms with E-state index in [0.29, 0.717) is 23.2 Å². The number of nitrogens with one attached hydrogen (secondary N) is 1. The van der Waals surface area contributed by atoms with Gasteiger partial charge in [0.15, 0.2) is 10.6 Å². The largest absolute Gasteiger partial charge is 0.504 e. The van der Waals surface area contributed by atoms with Gasteiger partial charge in [-0.2, -0.15) is 4.39 Å². The number of sulfone groups is 1. The second-order valence-corrected chi connectivity index (χ2v) is 10.2. The van der Waals surface area contributed by atoms with E-state index in [2.05, 4.69) is 9.97 Å². The van der Waals surface area contributed by atoms with Gasteiger partial charge in [-0.05, 0) is 54.8 Å². The lowest BCUT2D eigenvalue weighted by atomic mass is 10.1. The first-order valence-electron chi connectivity index (χ1n) is 11.5. The first-order chi connectivity index (χ1) is 17.2. The minimum Gasteiger partial charge on any atom is -0.504 e. The van der Waals surface area contributed by atoms with E-state index in [1.165, 1.54) is 30.5 Å². The van der Waals surface area contributed by atoms with Crippen molar-refractivity contribution in [3.63, 3.8) is 0 Å². The third-order valence-electron chi connectivity index (χ3n) is 5.95. The molecule has 0 atom stereocenters. The molecule has 0 bridgehead atoms. The van der Waals surface area contributed by atoms with Crippen molar-refractivity contribution in [2.75, 3.05) is 11.9 Å². The number of unbranched alkanes of at least 4 members (excludes halogenated alkanes) is 1. The minimum atomic E-state index is -4.38. The van der Waals surface area contributed by atoms with Crippen LogP contribution < -0.4 is 10.5 Å². The number of pyridine rings is 2. The fourth-order valence-corrected chi connectivity index (χ4v) is 5.40. The number of rotatable bonds is 8. The lowest BCUT2D eigenvalue weighted by Gasteiger charge is -2.24. The summed E-state index contributed by atoms with van der Waals surface area (Å²) in [4.78, 5) is 20.1. The number of hydrogen-bond donors (Lipinski definition) is 2. The Bertz CT molecular complexity index is 1520. The number of nitrogens with zero attached hydrogens (tertiary/aromatic N) is 2. The van der Waals surface area contributed by atoms with Gasteiger partial charge in [-0.25, -0.2) is 13.4 Å². The quantitative estimate of drug-likeness (QED) is 0.317. The second-order valence-electron chi connectivity index (χ2n) is 8.35. The van der Waals surface area contributed by atoms with Crippen molar-refractivity contribution in [2.45, 2.75) is 36.0 Å². The van der Waals surface area contributed by atoms with Gasteiger partial charge < -0.3 is 15.0 Å². The van der Waals surface area contributed by atoms with Gasteiger partial charge in [0.25, 0.3) is 5.56 Å².